The number of hydrogen-bond donors (Lipinski definition) is 1. The second-order valence-corrected chi connectivity index (χ2v) is 6.10. The van der Waals surface area contributed by atoms with E-state index in [1.807, 2.05) is 6.07 Å². The molecule has 3 rings (SSSR count). The first-order chi connectivity index (χ1) is 9.61. The molecule has 1 aliphatic heterocycles. The Labute approximate surface area is 121 Å². The Kier molecular flexibility index (Phi) is 3.47. The van der Waals surface area contributed by atoms with Gasteiger partial charge in [0.2, 0.25) is 0 Å². The number of hydrogen-bond acceptors (Lipinski definition) is 2. The van der Waals surface area contributed by atoms with Crippen molar-refractivity contribution >= 4 is 16.6 Å². The van der Waals surface area contributed by atoms with Gasteiger partial charge in [0.05, 0.1) is 5.52 Å². The molecule has 3 heteroatoms. The number of nitrogens with zero attached hydrogens (tertiary/aromatic N) is 2. The third-order valence-electron chi connectivity index (χ3n) is 4.81. The Bertz CT molecular complexity index is 619. The summed E-state index contributed by atoms with van der Waals surface area (Å²) < 4.78 is 2.55. The first-order valence-corrected chi connectivity index (χ1v) is 7.69. The molecule has 0 bridgehead atoms. The average molecular weight is 271 g/mol. The fourth-order valence-corrected chi connectivity index (χ4v) is 3.69. The fraction of sp³-hybridized carbons (Fsp3) is 0.529. The molecule has 1 saturated heterocycles. The van der Waals surface area contributed by atoms with Crippen LogP contribution in [0.1, 0.15) is 37.1 Å². The minimum atomic E-state index is 0.621. The van der Waals surface area contributed by atoms with Crippen LogP contribution in [0, 0.1) is 6.92 Å². The quantitative estimate of drug-likeness (QED) is 0.850. The molecule has 1 aliphatic rings. The summed E-state index contributed by atoms with van der Waals surface area (Å²) in [5, 5.41) is 1.39. The third-order valence-corrected chi connectivity index (χ3v) is 4.81. The molecule has 0 atom stereocenters. The number of fused-ring (bicyclic) bond motifs is 1. The van der Waals surface area contributed by atoms with Gasteiger partial charge < -0.3 is 15.2 Å². The molecule has 1 aromatic carbocycles. The highest BCUT2D eigenvalue weighted by Gasteiger charge is 2.23. The van der Waals surface area contributed by atoms with Crippen LogP contribution < -0.4 is 5.73 Å². The monoisotopic (exact) mass is 271 g/mol. The van der Waals surface area contributed by atoms with Crippen molar-refractivity contribution in [3.8, 4) is 0 Å². The third kappa shape index (κ3) is 2.10. The van der Waals surface area contributed by atoms with Gasteiger partial charge in [0.25, 0.3) is 0 Å². The Morgan fingerprint density at radius 1 is 1.25 bits per heavy atom. The summed E-state index contributed by atoms with van der Waals surface area (Å²) in [7, 11) is 2.21. The lowest BCUT2D eigenvalue weighted by Gasteiger charge is -2.31. The van der Waals surface area contributed by atoms with Crippen molar-refractivity contribution in [1.82, 2.24) is 9.47 Å². The first kappa shape index (κ1) is 13.5. The van der Waals surface area contributed by atoms with Gasteiger partial charge in [-0.2, -0.15) is 0 Å². The summed E-state index contributed by atoms with van der Waals surface area (Å²) in [5.41, 5.74) is 11.1. The predicted molar refractivity (Wildman–Crippen MR) is 86.2 cm³/mol. The normalized spacial score (nSPS) is 17.9. The summed E-state index contributed by atoms with van der Waals surface area (Å²) in [6.45, 7) is 6.89. The van der Waals surface area contributed by atoms with Gasteiger partial charge in [-0.3, -0.25) is 0 Å². The van der Waals surface area contributed by atoms with Crippen molar-refractivity contribution in [3.05, 3.63) is 29.5 Å². The van der Waals surface area contributed by atoms with Gasteiger partial charge >= 0.3 is 0 Å². The lowest BCUT2D eigenvalue weighted by Crippen LogP contribution is -2.31. The smallest absolute Gasteiger partial charge is 0.0508 e. The van der Waals surface area contributed by atoms with Crippen LogP contribution in [0.25, 0.3) is 10.9 Å². The van der Waals surface area contributed by atoms with E-state index in [0.717, 1.165) is 12.1 Å². The largest absolute Gasteiger partial charge is 0.399 e. The second kappa shape index (κ2) is 5.13. The highest BCUT2D eigenvalue weighted by Crippen LogP contribution is 2.34. The number of nitrogens with two attached hydrogens (primary N) is 1. The van der Waals surface area contributed by atoms with Crippen LogP contribution in [0.3, 0.4) is 0 Å². The van der Waals surface area contributed by atoms with Crippen LogP contribution in [0.5, 0.6) is 0 Å². The van der Waals surface area contributed by atoms with Crippen LogP contribution in [-0.4, -0.2) is 29.6 Å². The molecule has 0 aliphatic carbocycles. The summed E-state index contributed by atoms with van der Waals surface area (Å²) in [6, 6.07) is 7.00. The number of piperidine rings is 1. The molecule has 2 N–H and O–H groups in total. The summed E-state index contributed by atoms with van der Waals surface area (Å²) >= 11 is 0. The van der Waals surface area contributed by atoms with Gasteiger partial charge in [-0.05, 0) is 64.0 Å². The summed E-state index contributed by atoms with van der Waals surface area (Å²) in [5.74, 6) is 0. The van der Waals surface area contributed by atoms with Crippen molar-refractivity contribution in [1.29, 1.82) is 0 Å². The number of likely N-dealkylation sites (tertiary alicyclic amines) is 1. The van der Waals surface area contributed by atoms with E-state index >= 15 is 0 Å². The van der Waals surface area contributed by atoms with E-state index in [-0.39, 0.29) is 0 Å². The standard InChI is InChI=1S/C17H25N3/c1-4-15-12(2)20(14-7-9-19(3)10-8-14)17-11-13(18)5-6-16(15)17/h5-6,11,14H,4,7-10,18H2,1-3H3. The van der Waals surface area contributed by atoms with Crippen LogP contribution in [0.15, 0.2) is 18.2 Å². The zero-order chi connectivity index (χ0) is 14.3. The zero-order valence-corrected chi connectivity index (χ0v) is 12.8. The number of aromatic nitrogens is 1. The lowest BCUT2D eigenvalue weighted by molar-refractivity contribution is 0.222. The number of rotatable bonds is 2. The molecule has 0 unspecified atom stereocenters. The number of anilines is 1. The number of nitrogen functional groups attached to an aromatic ring is 1. The average Bonchev–Trinajstić information content (AvgIpc) is 2.71. The lowest BCUT2D eigenvalue weighted by atomic mass is 10.0. The van der Waals surface area contributed by atoms with Gasteiger partial charge in [0.1, 0.15) is 0 Å². The molecule has 0 saturated carbocycles. The molecule has 1 aromatic heterocycles. The molecule has 20 heavy (non-hydrogen) atoms. The molecule has 108 valence electrons. The summed E-state index contributed by atoms with van der Waals surface area (Å²) in [6.07, 6.45) is 3.56. The number of benzene rings is 1. The Morgan fingerprint density at radius 2 is 1.95 bits per heavy atom. The minimum Gasteiger partial charge on any atom is -0.399 e. The van der Waals surface area contributed by atoms with Gasteiger partial charge in [-0.25, -0.2) is 0 Å². The number of aryl methyl sites for hydroxylation is 1. The molecule has 0 spiro atoms. The van der Waals surface area contributed by atoms with Crippen molar-refractivity contribution < 1.29 is 0 Å². The van der Waals surface area contributed by atoms with Crippen LogP contribution in [-0.2, 0) is 6.42 Å². The Hall–Kier alpha value is -1.48. The zero-order valence-electron chi connectivity index (χ0n) is 12.8. The van der Waals surface area contributed by atoms with E-state index in [0.29, 0.717) is 6.04 Å². The topological polar surface area (TPSA) is 34.2 Å². The Morgan fingerprint density at radius 3 is 2.60 bits per heavy atom. The predicted octanol–water partition coefficient (Wildman–Crippen LogP) is 3.36. The molecular formula is C17H25N3. The fourth-order valence-electron chi connectivity index (χ4n) is 3.69. The van der Waals surface area contributed by atoms with Gasteiger partial charge in [0, 0.05) is 22.8 Å². The first-order valence-electron chi connectivity index (χ1n) is 7.69. The minimum absolute atomic E-state index is 0.621. The van der Waals surface area contributed by atoms with Crippen molar-refractivity contribution in [2.45, 2.75) is 39.2 Å². The maximum Gasteiger partial charge on any atom is 0.0508 e. The Balaban J connectivity index is 2.13. The van der Waals surface area contributed by atoms with E-state index in [9.17, 15) is 0 Å². The highest BCUT2D eigenvalue weighted by atomic mass is 15.1. The van der Waals surface area contributed by atoms with E-state index in [2.05, 4.69) is 42.5 Å². The maximum atomic E-state index is 6.02. The van der Waals surface area contributed by atoms with E-state index in [1.54, 1.807) is 0 Å². The highest BCUT2D eigenvalue weighted by molar-refractivity contribution is 5.88. The molecule has 3 nitrogen and oxygen atoms in total. The van der Waals surface area contributed by atoms with E-state index in [1.165, 1.54) is 48.1 Å². The molecule has 2 aromatic rings. The molecule has 0 amide bonds. The molecular weight excluding hydrogens is 246 g/mol. The van der Waals surface area contributed by atoms with Crippen LogP contribution in [0.4, 0.5) is 5.69 Å². The molecule has 1 fully saturated rings. The van der Waals surface area contributed by atoms with Gasteiger partial charge in [0.15, 0.2) is 0 Å². The maximum absolute atomic E-state index is 6.02. The van der Waals surface area contributed by atoms with Crippen molar-refractivity contribution in [2.24, 2.45) is 0 Å². The van der Waals surface area contributed by atoms with Gasteiger partial charge in [-0.15, -0.1) is 0 Å². The van der Waals surface area contributed by atoms with Crippen molar-refractivity contribution in [3.63, 3.8) is 0 Å². The summed E-state index contributed by atoms with van der Waals surface area (Å²) in [4.78, 5) is 2.42. The van der Waals surface area contributed by atoms with Crippen LogP contribution in [0.2, 0.25) is 0 Å². The molecule has 2 heterocycles. The van der Waals surface area contributed by atoms with Crippen LogP contribution >= 0.6 is 0 Å². The molecule has 0 radical (unpaired) electrons. The van der Waals surface area contributed by atoms with E-state index in [4.69, 9.17) is 5.73 Å². The SMILES string of the molecule is CCc1c(C)n(C2CCN(C)CC2)c2cc(N)ccc12. The van der Waals surface area contributed by atoms with E-state index < -0.39 is 0 Å². The van der Waals surface area contributed by atoms with Crippen molar-refractivity contribution in [2.75, 3.05) is 25.9 Å². The van der Waals surface area contributed by atoms with Gasteiger partial charge in [-0.1, -0.05) is 13.0 Å². The second-order valence-electron chi connectivity index (χ2n) is 6.10.